The zero-order valence-electron chi connectivity index (χ0n) is 7.93. The zero-order chi connectivity index (χ0) is 10.6. The summed E-state index contributed by atoms with van der Waals surface area (Å²) in [6.07, 6.45) is 0. The van der Waals surface area contributed by atoms with Gasteiger partial charge in [-0.05, 0) is 24.6 Å². The molecule has 0 aromatic heterocycles. The molecule has 3 N–H and O–H groups in total. The average molecular weight is 195 g/mol. The number of nitrogens with two attached hydrogens (primary N) is 1. The van der Waals surface area contributed by atoms with Crippen LogP contribution < -0.4 is 5.73 Å². The molecule has 1 aromatic carbocycles. The van der Waals surface area contributed by atoms with Gasteiger partial charge in [0.15, 0.2) is 0 Å². The first kappa shape index (κ1) is 10.5. The number of hydrogen-bond donors (Lipinski definition) is 2. The van der Waals surface area contributed by atoms with Gasteiger partial charge in [-0.2, -0.15) is 0 Å². The number of carbonyl (C=O) groups excluding carboxylic acids is 1. The van der Waals surface area contributed by atoms with E-state index in [9.17, 15) is 4.79 Å². The molecular weight excluding hydrogens is 182 g/mol. The molecule has 0 aliphatic carbocycles. The summed E-state index contributed by atoms with van der Waals surface area (Å²) in [7, 11) is 0. The Balaban J connectivity index is 2.73. The summed E-state index contributed by atoms with van der Waals surface area (Å²) in [5, 5.41) is 9.02. The molecule has 0 spiro atoms. The molecule has 1 rings (SSSR count). The maximum Gasteiger partial charge on any atom is 0.327 e. The van der Waals surface area contributed by atoms with Gasteiger partial charge in [-0.25, -0.2) is 4.79 Å². The van der Waals surface area contributed by atoms with Gasteiger partial charge in [0.1, 0.15) is 11.8 Å². The van der Waals surface area contributed by atoms with E-state index in [1.807, 2.05) is 0 Å². The molecule has 0 unspecified atom stereocenters. The maximum absolute atomic E-state index is 11.2. The van der Waals surface area contributed by atoms with Crippen molar-refractivity contribution < 1.29 is 14.6 Å². The third-order valence-electron chi connectivity index (χ3n) is 1.79. The fourth-order valence-electron chi connectivity index (χ4n) is 1.05. The Labute approximate surface area is 82.3 Å². The zero-order valence-corrected chi connectivity index (χ0v) is 7.93. The van der Waals surface area contributed by atoms with Gasteiger partial charge in [-0.1, -0.05) is 12.1 Å². The van der Waals surface area contributed by atoms with Crippen LogP contribution in [0.3, 0.4) is 0 Å². The van der Waals surface area contributed by atoms with E-state index in [-0.39, 0.29) is 5.75 Å². The van der Waals surface area contributed by atoms with Crippen LogP contribution in [0.2, 0.25) is 0 Å². The minimum Gasteiger partial charge on any atom is -0.508 e. The lowest BCUT2D eigenvalue weighted by atomic mass is 10.1. The molecule has 0 radical (unpaired) electrons. The molecule has 0 saturated carbocycles. The number of esters is 1. The van der Waals surface area contributed by atoms with Crippen LogP contribution >= 0.6 is 0 Å². The summed E-state index contributed by atoms with van der Waals surface area (Å²) in [4.78, 5) is 11.2. The predicted octanol–water partition coefficient (Wildman–Crippen LogP) is 0.955. The lowest BCUT2D eigenvalue weighted by Crippen LogP contribution is -2.23. The minimum absolute atomic E-state index is 0.143. The highest BCUT2D eigenvalue weighted by molar-refractivity contribution is 5.77. The number of phenolic OH excluding ortho intramolecular Hbond substituents is 1. The van der Waals surface area contributed by atoms with Crippen molar-refractivity contribution in [2.75, 3.05) is 6.61 Å². The quantitative estimate of drug-likeness (QED) is 0.704. The van der Waals surface area contributed by atoms with Gasteiger partial charge < -0.3 is 15.6 Å². The van der Waals surface area contributed by atoms with Crippen LogP contribution in [0.1, 0.15) is 18.5 Å². The Kier molecular flexibility index (Phi) is 3.48. The largest absolute Gasteiger partial charge is 0.508 e. The summed E-state index contributed by atoms with van der Waals surface area (Å²) in [6, 6.07) is 5.37. The van der Waals surface area contributed by atoms with Gasteiger partial charge in [0.25, 0.3) is 0 Å². The van der Waals surface area contributed by atoms with Crippen molar-refractivity contribution in [3.05, 3.63) is 29.8 Å². The highest BCUT2D eigenvalue weighted by Crippen LogP contribution is 2.15. The number of phenols is 1. The molecule has 1 atom stereocenters. The first-order valence-electron chi connectivity index (χ1n) is 4.36. The number of ether oxygens (including phenoxy) is 1. The molecule has 0 saturated heterocycles. The van der Waals surface area contributed by atoms with Crippen molar-refractivity contribution >= 4 is 5.97 Å². The van der Waals surface area contributed by atoms with Crippen LogP contribution in [0.25, 0.3) is 0 Å². The molecule has 0 amide bonds. The topological polar surface area (TPSA) is 72.5 Å². The first-order chi connectivity index (χ1) is 6.65. The second kappa shape index (κ2) is 4.62. The van der Waals surface area contributed by atoms with Crippen LogP contribution in [0.4, 0.5) is 0 Å². The number of carbonyl (C=O) groups is 1. The van der Waals surface area contributed by atoms with Crippen molar-refractivity contribution in [3.8, 4) is 5.75 Å². The summed E-state index contributed by atoms with van der Waals surface area (Å²) < 4.78 is 4.76. The number of aromatic hydroxyl groups is 1. The minimum atomic E-state index is -0.782. The summed E-state index contributed by atoms with van der Waals surface area (Å²) in [5.41, 5.74) is 6.24. The normalized spacial score (nSPS) is 12.1. The SMILES string of the molecule is CCOC(=O)[C@@H](N)c1ccc(O)cc1. The molecule has 0 bridgehead atoms. The van der Waals surface area contributed by atoms with Crippen LogP contribution in [0.15, 0.2) is 24.3 Å². The Hall–Kier alpha value is -1.55. The van der Waals surface area contributed by atoms with Crippen molar-refractivity contribution in [2.45, 2.75) is 13.0 Å². The summed E-state index contributed by atoms with van der Waals surface area (Å²) in [6.45, 7) is 2.03. The highest BCUT2D eigenvalue weighted by Gasteiger charge is 2.16. The van der Waals surface area contributed by atoms with E-state index < -0.39 is 12.0 Å². The van der Waals surface area contributed by atoms with Gasteiger partial charge in [-0.3, -0.25) is 0 Å². The Morgan fingerprint density at radius 3 is 2.57 bits per heavy atom. The summed E-state index contributed by atoms with van der Waals surface area (Å²) >= 11 is 0. The first-order valence-corrected chi connectivity index (χ1v) is 4.36. The van der Waals surface area contributed by atoms with Crippen LogP contribution in [-0.2, 0) is 9.53 Å². The van der Waals surface area contributed by atoms with Crippen LogP contribution in [0.5, 0.6) is 5.75 Å². The van der Waals surface area contributed by atoms with E-state index in [0.29, 0.717) is 12.2 Å². The molecule has 0 heterocycles. The Morgan fingerprint density at radius 1 is 1.50 bits per heavy atom. The van der Waals surface area contributed by atoms with Crippen molar-refractivity contribution in [3.63, 3.8) is 0 Å². The van der Waals surface area contributed by atoms with Gasteiger partial charge in [0.05, 0.1) is 6.61 Å². The number of rotatable bonds is 3. The Bertz CT molecular complexity index is 308. The van der Waals surface area contributed by atoms with Gasteiger partial charge in [-0.15, -0.1) is 0 Å². The van der Waals surface area contributed by atoms with Crippen molar-refractivity contribution in [1.29, 1.82) is 0 Å². The van der Waals surface area contributed by atoms with Gasteiger partial charge in [0.2, 0.25) is 0 Å². The lowest BCUT2D eigenvalue weighted by molar-refractivity contribution is -0.144. The van der Waals surface area contributed by atoms with Crippen molar-refractivity contribution in [1.82, 2.24) is 0 Å². The molecule has 4 heteroatoms. The standard InChI is InChI=1S/C10H13NO3/c1-2-14-10(13)9(11)7-3-5-8(12)6-4-7/h3-6,9,12H,2,11H2,1H3/t9-/m0/s1. The van der Waals surface area contributed by atoms with E-state index in [1.165, 1.54) is 12.1 Å². The molecular formula is C10H13NO3. The fraction of sp³-hybridized carbons (Fsp3) is 0.300. The second-order valence-corrected chi connectivity index (χ2v) is 2.82. The smallest absolute Gasteiger partial charge is 0.327 e. The van der Waals surface area contributed by atoms with E-state index in [4.69, 9.17) is 15.6 Å². The molecule has 0 aliphatic rings. The second-order valence-electron chi connectivity index (χ2n) is 2.82. The van der Waals surface area contributed by atoms with E-state index >= 15 is 0 Å². The third kappa shape index (κ3) is 2.47. The summed E-state index contributed by atoms with van der Waals surface area (Å²) in [5.74, 6) is -0.317. The third-order valence-corrected chi connectivity index (χ3v) is 1.79. The molecule has 1 aromatic rings. The molecule has 0 fully saturated rings. The fourth-order valence-corrected chi connectivity index (χ4v) is 1.05. The highest BCUT2D eigenvalue weighted by atomic mass is 16.5. The molecule has 76 valence electrons. The van der Waals surface area contributed by atoms with Gasteiger partial charge >= 0.3 is 5.97 Å². The lowest BCUT2D eigenvalue weighted by Gasteiger charge is -2.10. The number of benzene rings is 1. The molecule has 0 aliphatic heterocycles. The number of hydrogen-bond acceptors (Lipinski definition) is 4. The van der Waals surface area contributed by atoms with E-state index in [1.54, 1.807) is 19.1 Å². The maximum atomic E-state index is 11.2. The Morgan fingerprint density at radius 2 is 2.07 bits per heavy atom. The van der Waals surface area contributed by atoms with E-state index in [0.717, 1.165) is 0 Å². The monoisotopic (exact) mass is 195 g/mol. The van der Waals surface area contributed by atoms with Gasteiger partial charge in [0, 0.05) is 0 Å². The average Bonchev–Trinajstić information content (AvgIpc) is 2.18. The predicted molar refractivity (Wildman–Crippen MR) is 51.7 cm³/mol. The molecule has 14 heavy (non-hydrogen) atoms. The van der Waals surface area contributed by atoms with Crippen LogP contribution in [-0.4, -0.2) is 17.7 Å². The van der Waals surface area contributed by atoms with E-state index in [2.05, 4.69) is 0 Å². The molecule has 4 nitrogen and oxygen atoms in total. The van der Waals surface area contributed by atoms with Crippen LogP contribution in [0, 0.1) is 0 Å². The van der Waals surface area contributed by atoms with Crippen molar-refractivity contribution in [2.24, 2.45) is 5.73 Å².